The van der Waals surface area contributed by atoms with Gasteiger partial charge in [-0.3, -0.25) is 4.57 Å². The van der Waals surface area contributed by atoms with Gasteiger partial charge in [-0.15, -0.1) is 0 Å². The van der Waals surface area contributed by atoms with Gasteiger partial charge in [-0.1, -0.05) is 12.2 Å². The van der Waals surface area contributed by atoms with Crippen molar-refractivity contribution in [3.8, 4) is 28.9 Å². The van der Waals surface area contributed by atoms with Crippen molar-refractivity contribution in [2.75, 3.05) is 6.79 Å². The predicted molar refractivity (Wildman–Crippen MR) is 74.5 cm³/mol. The molecule has 2 aliphatic carbocycles. The highest BCUT2D eigenvalue weighted by Crippen LogP contribution is 2.57. The molecule has 1 aromatic heterocycles. The Hall–Kier alpha value is -2.56. The monoisotopic (exact) mass is 283 g/mol. The number of hydrogen-bond donors (Lipinski definition) is 2. The zero-order valence-electron chi connectivity index (χ0n) is 11.1. The number of rotatable bonds is 1. The molecule has 106 valence electrons. The van der Waals surface area contributed by atoms with Crippen LogP contribution in [0.2, 0.25) is 0 Å². The van der Waals surface area contributed by atoms with Gasteiger partial charge in [0.25, 0.3) is 0 Å². The van der Waals surface area contributed by atoms with Crippen LogP contribution in [0.5, 0.6) is 23.3 Å². The molecule has 5 nitrogen and oxygen atoms in total. The van der Waals surface area contributed by atoms with Crippen LogP contribution in [-0.2, 0) is 0 Å². The van der Waals surface area contributed by atoms with E-state index in [2.05, 4.69) is 12.2 Å². The molecule has 21 heavy (non-hydrogen) atoms. The number of allylic oxidation sites excluding steroid dienone is 2. The number of fused-ring (bicyclic) bond motifs is 6. The standard InChI is InChI=1S/C16H13NO4/c18-15-13-8-1-2-9(5-8)14(13)16(19)17(15)10-3-4-11-12(6-10)21-7-20-11/h1-4,6,8-9,18-19H,5,7H2/t8-,9+. The summed E-state index contributed by atoms with van der Waals surface area (Å²) in [4.78, 5) is 0. The highest BCUT2D eigenvalue weighted by atomic mass is 16.7. The molecule has 0 spiro atoms. The van der Waals surface area contributed by atoms with E-state index in [4.69, 9.17) is 9.47 Å². The third-order valence-corrected chi connectivity index (χ3v) is 4.64. The summed E-state index contributed by atoms with van der Waals surface area (Å²) in [6.07, 6.45) is 5.17. The Morgan fingerprint density at radius 1 is 0.952 bits per heavy atom. The van der Waals surface area contributed by atoms with Crippen LogP contribution in [0, 0.1) is 0 Å². The van der Waals surface area contributed by atoms with E-state index >= 15 is 0 Å². The van der Waals surface area contributed by atoms with Crippen LogP contribution in [-0.4, -0.2) is 21.6 Å². The van der Waals surface area contributed by atoms with Crippen molar-refractivity contribution in [2.24, 2.45) is 0 Å². The van der Waals surface area contributed by atoms with Gasteiger partial charge in [-0.25, -0.2) is 0 Å². The van der Waals surface area contributed by atoms with Crippen molar-refractivity contribution in [1.82, 2.24) is 4.57 Å². The largest absolute Gasteiger partial charge is 0.494 e. The molecule has 2 aromatic rings. The van der Waals surface area contributed by atoms with Gasteiger partial charge in [-0.2, -0.15) is 0 Å². The predicted octanol–water partition coefficient (Wildman–Crippen LogP) is 2.76. The Morgan fingerprint density at radius 2 is 1.62 bits per heavy atom. The minimum absolute atomic E-state index is 0.123. The fourth-order valence-electron chi connectivity index (χ4n) is 3.71. The van der Waals surface area contributed by atoms with E-state index in [0.717, 1.165) is 17.5 Å². The Balaban J connectivity index is 1.72. The first kappa shape index (κ1) is 11.1. The topological polar surface area (TPSA) is 63.9 Å². The van der Waals surface area contributed by atoms with Crippen molar-refractivity contribution < 1.29 is 19.7 Å². The maximum Gasteiger partial charge on any atom is 0.231 e. The maximum absolute atomic E-state index is 10.6. The molecule has 5 heteroatoms. The van der Waals surface area contributed by atoms with E-state index in [1.54, 1.807) is 18.2 Å². The first-order valence-corrected chi connectivity index (χ1v) is 6.99. The van der Waals surface area contributed by atoms with E-state index < -0.39 is 0 Å². The number of aromatic hydroxyl groups is 2. The second kappa shape index (κ2) is 3.55. The van der Waals surface area contributed by atoms with Gasteiger partial charge in [0, 0.05) is 29.0 Å². The average Bonchev–Trinajstić information content (AvgIpc) is 3.22. The molecule has 2 heterocycles. The Morgan fingerprint density at radius 3 is 2.33 bits per heavy atom. The summed E-state index contributed by atoms with van der Waals surface area (Å²) < 4.78 is 12.1. The zero-order valence-corrected chi connectivity index (χ0v) is 11.1. The van der Waals surface area contributed by atoms with Crippen LogP contribution >= 0.6 is 0 Å². The molecular formula is C16H13NO4. The van der Waals surface area contributed by atoms with Crippen molar-refractivity contribution in [3.63, 3.8) is 0 Å². The number of ether oxygens (including phenoxy) is 2. The van der Waals surface area contributed by atoms with Crippen LogP contribution in [0.15, 0.2) is 30.4 Å². The van der Waals surface area contributed by atoms with Gasteiger partial charge in [0.05, 0.1) is 5.69 Å². The molecule has 1 aliphatic heterocycles. The molecule has 0 fully saturated rings. The molecule has 1 aromatic carbocycles. The third-order valence-electron chi connectivity index (χ3n) is 4.64. The van der Waals surface area contributed by atoms with E-state index in [9.17, 15) is 10.2 Å². The summed E-state index contributed by atoms with van der Waals surface area (Å²) >= 11 is 0. The molecular weight excluding hydrogens is 270 g/mol. The van der Waals surface area contributed by atoms with Crippen molar-refractivity contribution in [2.45, 2.75) is 18.3 Å². The van der Waals surface area contributed by atoms with Crippen LogP contribution in [0.1, 0.15) is 29.4 Å². The van der Waals surface area contributed by atoms with Gasteiger partial charge in [0.15, 0.2) is 11.5 Å². The summed E-state index contributed by atoms with van der Waals surface area (Å²) in [6, 6.07) is 5.36. The van der Waals surface area contributed by atoms with E-state index in [1.165, 1.54) is 4.57 Å². The molecule has 5 rings (SSSR count). The molecule has 2 N–H and O–H groups in total. The molecule has 3 aliphatic rings. The molecule has 2 bridgehead atoms. The lowest BCUT2D eigenvalue weighted by Gasteiger charge is -2.10. The number of nitrogens with zero attached hydrogens (tertiary/aromatic N) is 1. The Kier molecular flexibility index (Phi) is 1.88. The summed E-state index contributed by atoms with van der Waals surface area (Å²) in [7, 11) is 0. The van der Waals surface area contributed by atoms with Gasteiger partial charge < -0.3 is 19.7 Å². The number of hydrogen-bond acceptors (Lipinski definition) is 4. The van der Waals surface area contributed by atoms with Gasteiger partial charge >= 0.3 is 0 Å². The van der Waals surface area contributed by atoms with Crippen molar-refractivity contribution >= 4 is 0 Å². The van der Waals surface area contributed by atoms with Gasteiger partial charge in [0.2, 0.25) is 18.6 Å². The van der Waals surface area contributed by atoms with Crippen LogP contribution in [0.3, 0.4) is 0 Å². The molecule has 2 atom stereocenters. The summed E-state index contributed by atoms with van der Waals surface area (Å²) in [5.74, 6) is 1.98. The lowest BCUT2D eigenvalue weighted by atomic mass is 10.0. The van der Waals surface area contributed by atoms with Crippen LogP contribution in [0.25, 0.3) is 5.69 Å². The van der Waals surface area contributed by atoms with Crippen molar-refractivity contribution in [1.29, 1.82) is 0 Å². The number of benzene rings is 1. The van der Waals surface area contributed by atoms with E-state index in [-0.39, 0.29) is 30.4 Å². The second-order valence-corrected chi connectivity index (χ2v) is 5.68. The van der Waals surface area contributed by atoms with Gasteiger partial charge in [-0.05, 0) is 18.6 Å². The third kappa shape index (κ3) is 1.26. The van der Waals surface area contributed by atoms with E-state index in [0.29, 0.717) is 17.2 Å². The Labute approximate surface area is 120 Å². The normalized spacial score (nSPS) is 23.8. The zero-order chi connectivity index (χ0) is 14.1. The molecule has 0 saturated heterocycles. The average molecular weight is 283 g/mol. The van der Waals surface area contributed by atoms with Gasteiger partial charge in [0.1, 0.15) is 0 Å². The van der Waals surface area contributed by atoms with Crippen LogP contribution < -0.4 is 9.47 Å². The summed E-state index contributed by atoms with van der Waals surface area (Å²) in [6.45, 7) is 0.201. The number of aromatic nitrogens is 1. The minimum atomic E-state index is 0.123. The smallest absolute Gasteiger partial charge is 0.231 e. The first-order valence-electron chi connectivity index (χ1n) is 6.99. The summed E-state index contributed by atoms with van der Waals surface area (Å²) in [5, 5.41) is 21.1. The molecule has 0 saturated carbocycles. The van der Waals surface area contributed by atoms with Crippen molar-refractivity contribution in [3.05, 3.63) is 41.5 Å². The first-order chi connectivity index (χ1) is 10.2. The van der Waals surface area contributed by atoms with E-state index in [1.807, 2.05) is 0 Å². The highest BCUT2D eigenvalue weighted by Gasteiger charge is 2.41. The molecule has 0 amide bonds. The summed E-state index contributed by atoms with van der Waals surface area (Å²) in [5.41, 5.74) is 2.39. The lowest BCUT2D eigenvalue weighted by Crippen LogP contribution is -1.95. The van der Waals surface area contributed by atoms with Crippen LogP contribution in [0.4, 0.5) is 0 Å². The lowest BCUT2D eigenvalue weighted by molar-refractivity contribution is 0.174. The fourth-order valence-corrected chi connectivity index (χ4v) is 3.71. The SMILES string of the molecule is Oc1c2c(c(O)n1-c1ccc3c(c1)OCO3)[C@H]1C=C[C@@H]2C1. The molecule has 0 radical (unpaired) electrons. The minimum Gasteiger partial charge on any atom is -0.494 e. The highest BCUT2D eigenvalue weighted by molar-refractivity contribution is 5.63. The Bertz CT molecular complexity index is 770. The second-order valence-electron chi connectivity index (χ2n) is 5.68. The maximum atomic E-state index is 10.6. The quantitative estimate of drug-likeness (QED) is 0.790. The fraction of sp³-hybridized carbons (Fsp3) is 0.250. The molecule has 0 unspecified atom stereocenters.